The molecule has 4 nitrogen and oxygen atoms in total. The first kappa shape index (κ1) is 18.7. The molecule has 0 unspecified atom stereocenters. The Kier molecular flexibility index (Phi) is 6.39. The van der Waals surface area contributed by atoms with Gasteiger partial charge in [-0.1, -0.05) is 13.0 Å². The van der Waals surface area contributed by atoms with Crippen molar-refractivity contribution in [2.75, 3.05) is 38.2 Å². The molecule has 25 heavy (non-hydrogen) atoms. The van der Waals surface area contributed by atoms with E-state index in [9.17, 15) is 4.79 Å². The highest BCUT2D eigenvalue weighted by molar-refractivity contribution is 7.98. The van der Waals surface area contributed by atoms with Gasteiger partial charge in [0.2, 0.25) is 5.91 Å². The lowest BCUT2D eigenvalue weighted by atomic mass is 9.79. The summed E-state index contributed by atoms with van der Waals surface area (Å²) in [5.41, 5.74) is 2.78. The first-order valence-corrected chi connectivity index (χ1v) is 11.0. The Morgan fingerprint density at radius 2 is 2.16 bits per heavy atom. The van der Waals surface area contributed by atoms with Gasteiger partial charge in [0, 0.05) is 50.0 Å². The highest BCUT2D eigenvalue weighted by Crippen LogP contribution is 2.39. The molecule has 5 heteroatoms. The fourth-order valence-corrected chi connectivity index (χ4v) is 4.63. The molecule has 1 aromatic heterocycles. The number of thioether (sulfide) groups is 1. The maximum Gasteiger partial charge on any atom is 0.223 e. The molecular formula is C20H31N3OS. The maximum atomic E-state index is 12.4. The summed E-state index contributed by atoms with van der Waals surface area (Å²) in [7, 11) is 0. The number of aryl methyl sites for hydroxylation is 1. The predicted octanol–water partition coefficient (Wildman–Crippen LogP) is 3.21. The predicted molar refractivity (Wildman–Crippen MR) is 105 cm³/mol. The number of hydrogen-bond donors (Lipinski definition) is 0. The smallest absolute Gasteiger partial charge is 0.223 e. The van der Waals surface area contributed by atoms with Crippen molar-refractivity contribution in [3.8, 4) is 0 Å². The van der Waals surface area contributed by atoms with E-state index < -0.39 is 0 Å². The van der Waals surface area contributed by atoms with E-state index in [-0.39, 0.29) is 0 Å². The van der Waals surface area contributed by atoms with E-state index in [4.69, 9.17) is 0 Å². The molecule has 0 N–H and O–H groups in total. The number of pyridine rings is 1. The van der Waals surface area contributed by atoms with Crippen molar-refractivity contribution in [2.24, 2.45) is 5.41 Å². The number of amides is 1. The summed E-state index contributed by atoms with van der Waals surface area (Å²) in [6.45, 7) is 7.25. The number of nitrogens with zero attached hydrogens (tertiary/aromatic N) is 3. The number of likely N-dealkylation sites (tertiary alicyclic amines) is 2. The lowest BCUT2D eigenvalue weighted by molar-refractivity contribution is -0.134. The van der Waals surface area contributed by atoms with E-state index in [2.05, 4.69) is 40.1 Å². The SMILES string of the molecule is CCc1ccc(CN2CC[C@@]3(CCCN(C(=O)CCSC)C3)C2)nc1. The minimum Gasteiger partial charge on any atom is -0.342 e. The van der Waals surface area contributed by atoms with Crippen molar-refractivity contribution in [3.05, 3.63) is 29.6 Å². The van der Waals surface area contributed by atoms with E-state index in [1.54, 1.807) is 11.8 Å². The van der Waals surface area contributed by atoms with Crippen molar-refractivity contribution < 1.29 is 4.79 Å². The number of hydrogen-bond acceptors (Lipinski definition) is 4. The van der Waals surface area contributed by atoms with E-state index in [0.717, 1.165) is 57.0 Å². The van der Waals surface area contributed by atoms with E-state index >= 15 is 0 Å². The Labute approximate surface area is 156 Å². The number of rotatable bonds is 6. The number of aromatic nitrogens is 1. The minimum atomic E-state index is 0.316. The third kappa shape index (κ3) is 4.76. The molecule has 2 saturated heterocycles. The van der Waals surface area contributed by atoms with E-state index in [1.807, 2.05) is 6.20 Å². The normalized spacial score (nSPS) is 24.2. The van der Waals surface area contributed by atoms with Gasteiger partial charge in [0.15, 0.2) is 0 Å². The molecule has 3 heterocycles. The van der Waals surface area contributed by atoms with Gasteiger partial charge in [-0.05, 0) is 50.1 Å². The Bertz CT molecular complexity index is 577. The second kappa shape index (κ2) is 8.54. The average Bonchev–Trinajstić information content (AvgIpc) is 3.02. The summed E-state index contributed by atoms with van der Waals surface area (Å²) < 4.78 is 0. The highest BCUT2D eigenvalue weighted by Gasteiger charge is 2.42. The van der Waals surface area contributed by atoms with Crippen LogP contribution in [-0.2, 0) is 17.8 Å². The summed E-state index contributed by atoms with van der Waals surface area (Å²) in [6, 6.07) is 4.36. The number of piperidine rings is 1. The lowest BCUT2D eigenvalue weighted by Crippen LogP contribution is -2.47. The molecule has 2 aliphatic heterocycles. The van der Waals surface area contributed by atoms with Crippen LogP contribution >= 0.6 is 11.8 Å². The molecule has 1 atom stereocenters. The van der Waals surface area contributed by atoms with Crippen molar-refractivity contribution in [1.82, 2.24) is 14.8 Å². The topological polar surface area (TPSA) is 36.4 Å². The summed E-state index contributed by atoms with van der Waals surface area (Å²) in [5.74, 6) is 1.29. The number of carbonyl (C=O) groups is 1. The largest absolute Gasteiger partial charge is 0.342 e. The summed E-state index contributed by atoms with van der Waals surface area (Å²) in [4.78, 5) is 21.7. The molecule has 0 aromatic carbocycles. The maximum absolute atomic E-state index is 12.4. The van der Waals surface area contributed by atoms with Gasteiger partial charge in [-0.25, -0.2) is 0 Å². The van der Waals surface area contributed by atoms with Crippen LogP contribution in [0, 0.1) is 5.41 Å². The van der Waals surface area contributed by atoms with Crippen molar-refractivity contribution in [1.29, 1.82) is 0 Å². The van der Waals surface area contributed by atoms with Crippen molar-refractivity contribution in [3.63, 3.8) is 0 Å². The zero-order valence-electron chi connectivity index (χ0n) is 15.7. The molecule has 0 aliphatic carbocycles. The van der Waals surface area contributed by atoms with Crippen LogP contribution in [0.4, 0.5) is 0 Å². The van der Waals surface area contributed by atoms with Crippen LogP contribution in [-0.4, -0.2) is 58.9 Å². The van der Waals surface area contributed by atoms with Crippen LogP contribution in [0.1, 0.15) is 43.9 Å². The summed E-state index contributed by atoms with van der Waals surface area (Å²) in [5, 5.41) is 0. The monoisotopic (exact) mass is 361 g/mol. The second-order valence-electron chi connectivity index (χ2n) is 7.63. The standard InChI is InChI=1S/C20H31N3OS/c1-3-17-5-6-18(21-13-17)14-22-11-9-20(15-22)8-4-10-23(16-20)19(24)7-12-25-2/h5-6,13H,3-4,7-12,14-16H2,1-2H3/t20-/m0/s1. The van der Waals surface area contributed by atoms with Gasteiger partial charge in [-0.2, -0.15) is 11.8 Å². The molecule has 1 aromatic rings. The quantitative estimate of drug-likeness (QED) is 0.780. The van der Waals surface area contributed by atoms with Gasteiger partial charge in [-0.15, -0.1) is 0 Å². The Balaban J connectivity index is 1.55. The average molecular weight is 362 g/mol. The van der Waals surface area contributed by atoms with Crippen LogP contribution in [0.3, 0.4) is 0 Å². The van der Waals surface area contributed by atoms with E-state index in [1.165, 1.54) is 18.4 Å². The van der Waals surface area contributed by atoms with Crippen LogP contribution < -0.4 is 0 Å². The fourth-order valence-electron chi connectivity index (χ4n) is 4.25. The molecule has 0 bridgehead atoms. The Morgan fingerprint density at radius 3 is 2.88 bits per heavy atom. The van der Waals surface area contributed by atoms with Crippen molar-refractivity contribution >= 4 is 17.7 Å². The Hall–Kier alpha value is -1.07. The minimum absolute atomic E-state index is 0.316. The third-order valence-corrected chi connectivity index (χ3v) is 6.34. The molecule has 2 fully saturated rings. The molecule has 0 radical (unpaired) electrons. The molecule has 2 aliphatic rings. The Morgan fingerprint density at radius 1 is 1.28 bits per heavy atom. The van der Waals surface area contributed by atoms with Gasteiger partial charge >= 0.3 is 0 Å². The second-order valence-corrected chi connectivity index (χ2v) is 8.62. The molecule has 138 valence electrons. The first-order chi connectivity index (χ1) is 12.1. The van der Waals surface area contributed by atoms with Gasteiger partial charge in [0.25, 0.3) is 0 Å². The fraction of sp³-hybridized carbons (Fsp3) is 0.700. The van der Waals surface area contributed by atoms with Crippen LogP contribution in [0.15, 0.2) is 18.3 Å². The number of carbonyl (C=O) groups excluding carboxylic acids is 1. The van der Waals surface area contributed by atoms with Crippen LogP contribution in [0.25, 0.3) is 0 Å². The first-order valence-electron chi connectivity index (χ1n) is 9.57. The molecular weight excluding hydrogens is 330 g/mol. The zero-order chi connectivity index (χ0) is 17.7. The third-order valence-electron chi connectivity index (χ3n) is 5.73. The highest BCUT2D eigenvalue weighted by atomic mass is 32.2. The van der Waals surface area contributed by atoms with Gasteiger partial charge in [0.05, 0.1) is 5.69 Å². The van der Waals surface area contributed by atoms with Crippen LogP contribution in [0.5, 0.6) is 0 Å². The lowest BCUT2D eigenvalue weighted by Gasteiger charge is -2.40. The molecule has 0 saturated carbocycles. The summed E-state index contributed by atoms with van der Waals surface area (Å²) in [6.07, 6.45) is 9.44. The summed E-state index contributed by atoms with van der Waals surface area (Å²) >= 11 is 1.76. The molecule has 3 rings (SSSR count). The van der Waals surface area contributed by atoms with Gasteiger partial charge < -0.3 is 4.90 Å². The van der Waals surface area contributed by atoms with Gasteiger partial charge in [-0.3, -0.25) is 14.7 Å². The molecule has 1 spiro atoms. The zero-order valence-corrected chi connectivity index (χ0v) is 16.5. The van der Waals surface area contributed by atoms with Crippen molar-refractivity contribution in [2.45, 2.75) is 45.6 Å². The molecule has 1 amide bonds. The van der Waals surface area contributed by atoms with Gasteiger partial charge in [0.1, 0.15) is 0 Å². The van der Waals surface area contributed by atoms with Crippen LogP contribution in [0.2, 0.25) is 0 Å². The van der Waals surface area contributed by atoms with E-state index in [0.29, 0.717) is 17.7 Å².